The van der Waals surface area contributed by atoms with Crippen molar-refractivity contribution in [3.63, 3.8) is 0 Å². The van der Waals surface area contributed by atoms with Crippen molar-refractivity contribution in [2.24, 2.45) is 5.92 Å². The summed E-state index contributed by atoms with van der Waals surface area (Å²) in [5, 5.41) is 0. The van der Waals surface area contributed by atoms with E-state index in [9.17, 15) is 4.21 Å². The predicted molar refractivity (Wildman–Crippen MR) is 74.7 cm³/mol. The lowest BCUT2D eigenvalue weighted by Crippen LogP contribution is -2.08. The van der Waals surface area contributed by atoms with Gasteiger partial charge in [-0.2, -0.15) is 0 Å². The Morgan fingerprint density at radius 1 is 1.44 bits per heavy atom. The molecule has 0 radical (unpaired) electrons. The molecule has 0 aliphatic rings. The predicted octanol–water partition coefficient (Wildman–Crippen LogP) is 3.33. The summed E-state index contributed by atoms with van der Waals surface area (Å²) >= 11 is 3.39. The number of anilines is 1. The Labute approximate surface area is 108 Å². The molecule has 0 saturated heterocycles. The van der Waals surface area contributed by atoms with Crippen molar-refractivity contribution >= 4 is 32.4 Å². The van der Waals surface area contributed by atoms with Gasteiger partial charge in [0.15, 0.2) is 0 Å². The molecule has 16 heavy (non-hydrogen) atoms. The fourth-order valence-corrected chi connectivity index (χ4v) is 3.52. The summed E-state index contributed by atoms with van der Waals surface area (Å²) in [6.07, 6.45) is 1.08. The third-order valence-corrected chi connectivity index (χ3v) is 4.53. The summed E-state index contributed by atoms with van der Waals surface area (Å²) in [5.41, 5.74) is 7.48. The second-order valence-corrected chi connectivity index (χ2v) is 6.57. The maximum atomic E-state index is 11.9. The van der Waals surface area contributed by atoms with Gasteiger partial charge in [0.2, 0.25) is 0 Å². The molecule has 2 nitrogen and oxygen atoms in total. The molecule has 1 rings (SSSR count). The summed E-state index contributed by atoms with van der Waals surface area (Å²) in [4.78, 5) is 0. The monoisotopic (exact) mass is 303 g/mol. The lowest BCUT2D eigenvalue weighted by Gasteiger charge is -2.08. The Hall–Kier alpha value is -0.350. The highest BCUT2D eigenvalue weighted by atomic mass is 79.9. The van der Waals surface area contributed by atoms with Gasteiger partial charge in [-0.25, -0.2) is 0 Å². The summed E-state index contributed by atoms with van der Waals surface area (Å²) in [6, 6.07) is 5.71. The number of hydrogen-bond donors (Lipinski definition) is 1. The van der Waals surface area contributed by atoms with Gasteiger partial charge in [0.05, 0.1) is 0 Å². The average Bonchev–Trinajstić information content (AvgIpc) is 2.15. The molecule has 1 aromatic rings. The van der Waals surface area contributed by atoms with Crippen LogP contribution in [0.15, 0.2) is 22.7 Å². The zero-order valence-electron chi connectivity index (χ0n) is 9.70. The van der Waals surface area contributed by atoms with E-state index in [0.29, 0.717) is 17.4 Å². The molecule has 0 aliphatic carbocycles. The Bertz CT molecular complexity index is 361. The minimum absolute atomic E-state index is 0.519. The minimum Gasteiger partial charge on any atom is -0.399 e. The lowest BCUT2D eigenvalue weighted by molar-refractivity contribution is 0.615. The highest BCUT2D eigenvalue weighted by Gasteiger charge is 2.07. The zero-order chi connectivity index (χ0) is 12.1. The van der Waals surface area contributed by atoms with E-state index in [1.165, 1.54) is 0 Å². The van der Waals surface area contributed by atoms with Crippen LogP contribution in [0.25, 0.3) is 0 Å². The SMILES string of the molecule is CCC(C)CS(=O)Cc1cc(N)cc(Br)c1. The topological polar surface area (TPSA) is 43.1 Å². The van der Waals surface area contributed by atoms with Gasteiger partial charge in [0, 0.05) is 32.5 Å². The number of halogens is 1. The molecule has 0 fully saturated rings. The van der Waals surface area contributed by atoms with Gasteiger partial charge in [0.25, 0.3) is 0 Å². The van der Waals surface area contributed by atoms with Crippen LogP contribution in [0.3, 0.4) is 0 Å². The number of rotatable bonds is 5. The first kappa shape index (κ1) is 13.7. The van der Waals surface area contributed by atoms with E-state index in [0.717, 1.165) is 22.2 Å². The van der Waals surface area contributed by atoms with Gasteiger partial charge in [-0.15, -0.1) is 0 Å². The first-order valence-electron chi connectivity index (χ1n) is 5.41. The summed E-state index contributed by atoms with van der Waals surface area (Å²) in [5.74, 6) is 1.88. The normalized spacial score (nSPS) is 14.7. The van der Waals surface area contributed by atoms with Crippen LogP contribution in [0.1, 0.15) is 25.8 Å². The molecule has 2 atom stereocenters. The summed E-state index contributed by atoms with van der Waals surface area (Å²) < 4.78 is 12.8. The molecule has 0 aliphatic heterocycles. The van der Waals surface area contributed by atoms with E-state index in [-0.39, 0.29) is 0 Å². The quantitative estimate of drug-likeness (QED) is 0.848. The van der Waals surface area contributed by atoms with Crippen LogP contribution in [0, 0.1) is 5.92 Å². The number of nitrogens with two attached hydrogens (primary N) is 1. The minimum atomic E-state index is -0.794. The molecule has 90 valence electrons. The number of hydrogen-bond acceptors (Lipinski definition) is 2. The Balaban J connectivity index is 2.62. The van der Waals surface area contributed by atoms with Crippen molar-refractivity contribution in [2.75, 3.05) is 11.5 Å². The van der Waals surface area contributed by atoms with Crippen molar-refractivity contribution in [2.45, 2.75) is 26.0 Å². The molecule has 0 aromatic heterocycles. The fraction of sp³-hybridized carbons (Fsp3) is 0.500. The van der Waals surface area contributed by atoms with Gasteiger partial charge < -0.3 is 5.73 Å². The molecule has 0 spiro atoms. The van der Waals surface area contributed by atoms with Gasteiger partial charge in [-0.1, -0.05) is 36.2 Å². The van der Waals surface area contributed by atoms with Crippen LogP contribution in [-0.2, 0) is 16.6 Å². The third-order valence-electron chi connectivity index (χ3n) is 2.47. The third kappa shape index (κ3) is 4.66. The highest BCUT2D eigenvalue weighted by Crippen LogP contribution is 2.19. The standard InChI is InChI=1S/C12H18BrNOS/c1-3-9(2)7-16(15)8-10-4-11(13)6-12(14)5-10/h4-6,9H,3,7-8,14H2,1-2H3. The molecule has 0 heterocycles. The van der Waals surface area contributed by atoms with E-state index in [1.54, 1.807) is 0 Å². The van der Waals surface area contributed by atoms with Crippen LogP contribution in [0.5, 0.6) is 0 Å². The van der Waals surface area contributed by atoms with Crippen molar-refractivity contribution in [3.8, 4) is 0 Å². The van der Waals surface area contributed by atoms with Crippen molar-refractivity contribution in [1.82, 2.24) is 0 Å². The van der Waals surface area contributed by atoms with E-state index < -0.39 is 10.8 Å². The Kier molecular flexibility index (Phi) is 5.49. The van der Waals surface area contributed by atoms with E-state index in [4.69, 9.17) is 5.73 Å². The van der Waals surface area contributed by atoms with Gasteiger partial charge >= 0.3 is 0 Å². The second-order valence-electron chi connectivity index (χ2n) is 4.16. The largest absolute Gasteiger partial charge is 0.399 e. The Morgan fingerprint density at radius 2 is 2.12 bits per heavy atom. The lowest BCUT2D eigenvalue weighted by atomic mass is 10.2. The highest BCUT2D eigenvalue weighted by molar-refractivity contribution is 9.10. The van der Waals surface area contributed by atoms with E-state index in [2.05, 4.69) is 29.8 Å². The first-order valence-corrected chi connectivity index (χ1v) is 7.69. The van der Waals surface area contributed by atoms with Gasteiger partial charge in [-0.05, 0) is 29.7 Å². The fourth-order valence-electron chi connectivity index (χ4n) is 1.44. The van der Waals surface area contributed by atoms with Crippen LogP contribution in [0.4, 0.5) is 5.69 Å². The smallest absolute Gasteiger partial charge is 0.0486 e. The van der Waals surface area contributed by atoms with E-state index in [1.807, 2.05) is 18.2 Å². The molecular formula is C12H18BrNOS. The van der Waals surface area contributed by atoms with Crippen molar-refractivity contribution in [3.05, 3.63) is 28.2 Å². The van der Waals surface area contributed by atoms with Crippen LogP contribution < -0.4 is 5.73 Å². The number of benzene rings is 1. The molecule has 2 N–H and O–H groups in total. The maximum Gasteiger partial charge on any atom is 0.0486 e. The average molecular weight is 304 g/mol. The molecule has 0 bridgehead atoms. The van der Waals surface area contributed by atoms with Crippen molar-refractivity contribution < 1.29 is 4.21 Å². The summed E-state index contributed by atoms with van der Waals surface area (Å²) in [6.45, 7) is 4.26. The first-order chi connectivity index (χ1) is 7.51. The van der Waals surface area contributed by atoms with Gasteiger partial charge in [-0.3, -0.25) is 4.21 Å². The molecule has 0 saturated carbocycles. The molecule has 4 heteroatoms. The Morgan fingerprint density at radius 3 is 2.69 bits per heavy atom. The van der Waals surface area contributed by atoms with Crippen LogP contribution in [0.2, 0.25) is 0 Å². The van der Waals surface area contributed by atoms with Crippen molar-refractivity contribution in [1.29, 1.82) is 0 Å². The zero-order valence-corrected chi connectivity index (χ0v) is 12.1. The maximum absolute atomic E-state index is 11.9. The second kappa shape index (κ2) is 6.40. The molecule has 2 unspecified atom stereocenters. The summed E-state index contributed by atoms with van der Waals surface area (Å²) in [7, 11) is -0.794. The molecular weight excluding hydrogens is 286 g/mol. The number of nitrogen functional groups attached to an aromatic ring is 1. The van der Waals surface area contributed by atoms with Crippen LogP contribution >= 0.6 is 15.9 Å². The molecule has 0 amide bonds. The molecule has 1 aromatic carbocycles. The van der Waals surface area contributed by atoms with E-state index >= 15 is 0 Å². The van der Waals surface area contributed by atoms with Crippen LogP contribution in [-0.4, -0.2) is 9.96 Å². The van der Waals surface area contributed by atoms with Gasteiger partial charge in [0.1, 0.15) is 0 Å².